The van der Waals surface area contributed by atoms with Gasteiger partial charge in [-0.2, -0.15) is 4.72 Å². The predicted molar refractivity (Wildman–Crippen MR) is 107 cm³/mol. The number of carbonyl (C=O) groups is 2. The fraction of sp³-hybridized carbons (Fsp3) is 0.316. The number of sulfonamides is 1. The number of primary amides is 1. The molecule has 0 unspecified atom stereocenters. The number of carbonyl (C=O) groups excluding carboxylic acids is 2. The Morgan fingerprint density at radius 2 is 1.87 bits per heavy atom. The molecule has 3 rings (SSSR count). The highest BCUT2D eigenvalue weighted by molar-refractivity contribution is 7.89. The largest absolute Gasteiger partial charge is 0.368 e. The lowest BCUT2D eigenvalue weighted by atomic mass is 10.1. The summed E-state index contributed by atoms with van der Waals surface area (Å²) >= 11 is 0. The molecule has 0 spiro atoms. The minimum atomic E-state index is -4.56. The van der Waals surface area contributed by atoms with E-state index < -0.39 is 38.6 Å². The first-order chi connectivity index (χ1) is 14.2. The van der Waals surface area contributed by atoms with E-state index in [1.165, 1.54) is 29.4 Å². The molecule has 1 fully saturated rings. The van der Waals surface area contributed by atoms with Crippen LogP contribution in [0.3, 0.4) is 0 Å². The summed E-state index contributed by atoms with van der Waals surface area (Å²) in [5, 5.41) is 0. The lowest BCUT2D eigenvalue weighted by Gasteiger charge is -2.34. The molecular formula is C19H22FN5O4S. The van der Waals surface area contributed by atoms with Crippen molar-refractivity contribution in [1.29, 1.82) is 0 Å². The molecule has 11 heteroatoms. The molecule has 2 heterocycles. The zero-order valence-electron chi connectivity index (χ0n) is 16.3. The standard InChI is InChI=1S/C19H22FN5O4S/c1-24-8-10-25(11-9-24)19(27)17(18(21)26)23-30(28,29)15-6-2-5-14(16(15)20)13-4-3-7-22-12-13/h2-7,12,17,23H,8-11H2,1H3,(H2,21,26)/t17-/m0/s1. The van der Waals surface area contributed by atoms with Crippen molar-refractivity contribution in [1.82, 2.24) is 19.5 Å². The second-order valence-electron chi connectivity index (χ2n) is 6.94. The first-order valence-electron chi connectivity index (χ1n) is 9.18. The molecule has 1 atom stereocenters. The van der Waals surface area contributed by atoms with Gasteiger partial charge in [0.15, 0.2) is 11.9 Å². The maximum atomic E-state index is 15.0. The molecular weight excluding hydrogens is 413 g/mol. The van der Waals surface area contributed by atoms with E-state index in [1.54, 1.807) is 12.1 Å². The quantitative estimate of drug-likeness (QED) is 0.605. The summed E-state index contributed by atoms with van der Waals surface area (Å²) in [6.45, 7) is 1.80. The number of amides is 2. The molecule has 1 aliphatic heterocycles. The third kappa shape index (κ3) is 4.64. The van der Waals surface area contributed by atoms with Crippen LogP contribution in [0.5, 0.6) is 0 Å². The van der Waals surface area contributed by atoms with E-state index in [2.05, 4.69) is 4.98 Å². The van der Waals surface area contributed by atoms with Gasteiger partial charge in [0.05, 0.1) is 0 Å². The smallest absolute Gasteiger partial charge is 0.250 e. The Hall–Kier alpha value is -2.89. The van der Waals surface area contributed by atoms with Crippen LogP contribution in [0.1, 0.15) is 0 Å². The number of nitrogens with two attached hydrogens (primary N) is 1. The second kappa shape index (κ2) is 8.86. The molecule has 3 N–H and O–H groups in total. The molecule has 0 aliphatic carbocycles. The van der Waals surface area contributed by atoms with Crippen LogP contribution < -0.4 is 10.5 Å². The van der Waals surface area contributed by atoms with Gasteiger partial charge in [0.1, 0.15) is 4.90 Å². The minimum Gasteiger partial charge on any atom is -0.368 e. The van der Waals surface area contributed by atoms with Crippen molar-refractivity contribution in [3.05, 3.63) is 48.5 Å². The van der Waals surface area contributed by atoms with Crippen LogP contribution in [0.15, 0.2) is 47.6 Å². The number of rotatable bonds is 6. The fourth-order valence-electron chi connectivity index (χ4n) is 3.12. The maximum absolute atomic E-state index is 15.0. The number of pyridine rings is 1. The van der Waals surface area contributed by atoms with E-state index in [4.69, 9.17) is 5.73 Å². The Kier molecular flexibility index (Phi) is 6.44. The minimum absolute atomic E-state index is 0.0204. The number of halogens is 1. The summed E-state index contributed by atoms with van der Waals surface area (Å²) in [6, 6.07) is 5.16. The van der Waals surface area contributed by atoms with Gasteiger partial charge in [-0.05, 0) is 19.2 Å². The molecule has 0 saturated carbocycles. The SMILES string of the molecule is CN1CCN(C(=O)[C@@H](NS(=O)(=O)c2cccc(-c3cccnc3)c2F)C(N)=O)CC1. The Labute approximate surface area is 173 Å². The molecule has 160 valence electrons. The molecule has 1 aliphatic rings. The summed E-state index contributed by atoms with van der Waals surface area (Å²) in [5.41, 5.74) is 5.69. The first kappa shape index (κ1) is 21.8. The molecule has 30 heavy (non-hydrogen) atoms. The van der Waals surface area contributed by atoms with Crippen molar-refractivity contribution >= 4 is 21.8 Å². The van der Waals surface area contributed by atoms with Gasteiger partial charge < -0.3 is 15.5 Å². The van der Waals surface area contributed by atoms with E-state index in [9.17, 15) is 18.0 Å². The van der Waals surface area contributed by atoms with Crippen LogP contribution in [-0.2, 0) is 19.6 Å². The molecule has 2 amide bonds. The highest BCUT2D eigenvalue weighted by atomic mass is 32.2. The molecule has 9 nitrogen and oxygen atoms in total. The number of aromatic nitrogens is 1. The van der Waals surface area contributed by atoms with E-state index in [0.717, 1.165) is 6.07 Å². The Bertz CT molecular complexity index is 1040. The summed E-state index contributed by atoms with van der Waals surface area (Å²) in [7, 11) is -2.68. The normalized spacial score (nSPS) is 16.3. The lowest BCUT2D eigenvalue weighted by molar-refractivity contribution is -0.138. The summed E-state index contributed by atoms with van der Waals surface area (Å²) in [6.07, 6.45) is 2.90. The van der Waals surface area contributed by atoms with E-state index in [0.29, 0.717) is 31.7 Å². The number of hydrogen-bond acceptors (Lipinski definition) is 6. The summed E-state index contributed by atoms with van der Waals surface area (Å²) in [4.78, 5) is 31.1. The van der Waals surface area contributed by atoms with Gasteiger partial charge in [0, 0.05) is 49.7 Å². The van der Waals surface area contributed by atoms with Crippen molar-refractivity contribution in [2.45, 2.75) is 10.9 Å². The Morgan fingerprint density at radius 3 is 2.47 bits per heavy atom. The van der Waals surface area contributed by atoms with Crippen molar-refractivity contribution in [2.75, 3.05) is 33.2 Å². The van der Waals surface area contributed by atoms with Crippen LogP contribution in [0.4, 0.5) is 4.39 Å². The van der Waals surface area contributed by atoms with Gasteiger partial charge in [-0.15, -0.1) is 0 Å². The zero-order valence-corrected chi connectivity index (χ0v) is 17.1. The number of benzene rings is 1. The van der Waals surface area contributed by atoms with Crippen LogP contribution in [0, 0.1) is 5.82 Å². The van der Waals surface area contributed by atoms with E-state index in [1.807, 2.05) is 16.7 Å². The van der Waals surface area contributed by atoms with Gasteiger partial charge in [-0.25, -0.2) is 12.8 Å². The van der Waals surface area contributed by atoms with Crippen LogP contribution in [0.2, 0.25) is 0 Å². The predicted octanol–water partition coefficient (Wildman–Crippen LogP) is -0.206. The zero-order chi connectivity index (χ0) is 21.9. The average Bonchev–Trinajstić information content (AvgIpc) is 2.72. The second-order valence-corrected chi connectivity index (χ2v) is 8.63. The van der Waals surface area contributed by atoms with Gasteiger partial charge in [0.25, 0.3) is 5.91 Å². The molecule has 1 aromatic carbocycles. The first-order valence-corrected chi connectivity index (χ1v) is 10.7. The van der Waals surface area contributed by atoms with Crippen molar-refractivity contribution in [3.63, 3.8) is 0 Å². The van der Waals surface area contributed by atoms with Crippen LogP contribution >= 0.6 is 0 Å². The van der Waals surface area contributed by atoms with E-state index >= 15 is 4.39 Å². The Balaban J connectivity index is 1.89. The maximum Gasteiger partial charge on any atom is 0.250 e. The van der Waals surface area contributed by atoms with Crippen LogP contribution in [0.25, 0.3) is 11.1 Å². The van der Waals surface area contributed by atoms with Gasteiger partial charge >= 0.3 is 0 Å². The lowest BCUT2D eigenvalue weighted by Crippen LogP contribution is -2.58. The summed E-state index contributed by atoms with van der Waals surface area (Å²) < 4.78 is 42.7. The number of hydrogen-bond donors (Lipinski definition) is 2. The molecule has 1 saturated heterocycles. The number of nitrogens with zero attached hydrogens (tertiary/aromatic N) is 3. The number of likely N-dealkylation sites (N-methyl/N-ethyl adjacent to an activating group) is 1. The number of nitrogens with one attached hydrogen (secondary N) is 1. The van der Waals surface area contributed by atoms with Gasteiger partial charge in [-0.3, -0.25) is 14.6 Å². The van der Waals surface area contributed by atoms with Crippen LogP contribution in [-0.4, -0.2) is 74.3 Å². The van der Waals surface area contributed by atoms with Crippen molar-refractivity contribution in [2.24, 2.45) is 5.73 Å². The topological polar surface area (TPSA) is 126 Å². The molecule has 1 aromatic heterocycles. The van der Waals surface area contributed by atoms with Crippen molar-refractivity contribution < 1.29 is 22.4 Å². The third-order valence-electron chi connectivity index (χ3n) is 4.84. The average molecular weight is 435 g/mol. The highest BCUT2D eigenvalue weighted by Gasteiger charge is 2.35. The third-order valence-corrected chi connectivity index (χ3v) is 6.29. The molecule has 2 aromatic rings. The van der Waals surface area contributed by atoms with E-state index in [-0.39, 0.29) is 5.56 Å². The van der Waals surface area contributed by atoms with Gasteiger partial charge in [-0.1, -0.05) is 18.2 Å². The highest BCUT2D eigenvalue weighted by Crippen LogP contribution is 2.26. The van der Waals surface area contributed by atoms with Gasteiger partial charge in [0.2, 0.25) is 15.9 Å². The number of piperazine rings is 1. The summed E-state index contributed by atoms with van der Waals surface area (Å²) in [5.74, 6) is -2.94. The fourth-order valence-corrected chi connectivity index (χ4v) is 4.38. The molecule has 0 bridgehead atoms. The molecule has 0 radical (unpaired) electrons. The van der Waals surface area contributed by atoms with Crippen molar-refractivity contribution in [3.8, 4) is 11.1 Å². The monoisotopic (exact) mass is 435 g/mol. The Morgan fingerprint density at radius 1 is 1.17 bits per heavy atom.